The first-order valence-corrected chi connectivity index (χ1v) is 8.22. The van der Waals surface area contributed by atoms with Gasteiger partial charge in [0, 0.05) is 30.9 Å². The molecule has 0 bridgehead atoms. The Kier molecular flexibility index (Phi) is 5.00. The van der Waals surface area contributed by atoms with Gasteiger partial charge >= 0.3 is 6.03 Å². The van der Waals surface area contributed by atoms with Crippen molar-refractivity contribution >= 4 is 17.6 Å². The van der Waals surface area contributed by atoms with Crippen molar-refractivity contribution < 1.29 is 14.7 Å². The lowest BCUT2D eigenvalue weighted by molar-refractivity contribution is 0.0924. The van der Waals surface area contributed by atoms with E-state index in [4.69, 9.17) is 0 Å². The van der Waals surface area contributed by atoms with Crippen LogP contribution in [0.25, 0.3) is 0 Å². The average Bonchev–Trinajstić information content (AvgIpc) is 3.04. The molecule has 0 unspecified atom stereocenters. The van der Waals surface area contributed by atoms with Crippen LogP contribution < -0.4 is 10.6 Å². The monoisotopic (exact) mass is 339 g/mol. The second kappa shape index (κ2) is 7.36. The summed E-state index contributed by atoms with van der Waals surface area (Å²) in [7, 11) is 0. The summed E-state index contributed by atoms with van der Waals surface area (Å²) in [4.78, 5) is 26.0. The molecule has 2 aromatic carbocycles. The van der Waals surface area contributed by atoms with Crippen LogP contribution in [-0.2, 0) is 13.1 Å². The van der Waals surface area contributed by atoms with Crippen molar-refractivity contribution in [3.8, 4) is 0 Å². The van der Waals surface area contributed by atoms with Crippen molar-refractivity contribution in [3.63, 3.8) is 0 Å². The van der Waals surface area contributed by atoms with E-state index in [9.17, 15) is 14.7 Å². The smallest absolute Gasteiger partial charge is 0.322 e. The molecule has 6 heteroatoms. The molecular weight excluding hydrogens is 318 g/mol. The molecule has 6 nitrogen and oxygen atoms in total. The summed E-state index contributed by atoms with van der Waals surface area (Å²) < 4.78 is 0. The van der Waals surface area contributed by atoms with Crippen LogP contribution in [0.1, 0.15) is 28.4 Å². The van der Waals surface area contributed by atoms with Crippen molar-refractivity contribution in [1.29, 1.82) is 0 Å². The van der Waals surface area contributed by atoms with E-state index >= 15 is 0 Å². The number of carbonyl (C=O) groups excluding carboxylic acids is 2. The summed E-state index contributed by atoms with van der Waals surface area (Å²) in [6.45, 7) is 3.01. The van der Waals surface area contributed by atoms with E-state index in [1.54, 1.807) is 36.1 Å². The van der Waals surface area contributed by atoms with Crippen LogP contribution in [0, 0.1) is 0 Å². The molecule has 0 spiro atoms. The second-order valence-electron chi connectivity index (χ2n) is 6.19. The molecule has 0 fully saturated rings. The molecule has 0 aliphatic carbocycles. The van der Waals surface area contributed by atoms with Gasteiger partial charge in [-0.3, -0.25) is 4.79 Å². The van der Waals surface area contributed by atoms with Crippen molar-refractivity contribution in [2.45, 2.75) is 26.1 Å². The molecular formula is C19H21N3O3. The highest BCUT2D eigenvalue weighted by molar-refractivity contribution is 5.95. The molecule has 1 heterocycles. The summed E-state index contributed by atoms with van der Waals surface area (Å²) in [5, 5.41) is 14.7. The Morgan fingerprint density at radius 1 is 1.08 bits per heavy atom. The third-order valence-corrected chi connectivity index (χ3v) is 4.08. The maximum absolute atomic E-state index is 12.4. The lowest BCUT2D eigenvalue weighted by Crippen LogP contribution is -2.31. The summed E-state index contributed by atoms with van der Waals surface area (Å²) in [5.41, 5.74) is 3.45. The summed E-state index contributed by atoms with van der Waals surface area (Å²) >= 11 is 0. The Bertz CT molecular complexity index is 747. The van der Waals surface area contributed by atoms with Crippen LogP contribution >= 0.6 is 0 Å². The molecule has 3 rings (SSSR count). The Hall–Kier alpha value is -2.86. The molecule has 0 aromatic heterocycles. The van der Waals surface area contributed by atoms with E-state index in [0.717, 1.165) is 0 Å². The van der Waals surface area contributed by atoms with Gasteiger partial charge in [-0.1, -0.05) is 24.3 Å². The molecule has 1 atom stereocenters. The van der Waals surface area contributed by atoms with E-state index in [-0.39, 0.29) is 18.5 Å². The van der Waals surface area contributed by atoms with Crippen molar-refractivity contribution in [2.75, 3.05) is 11.9 Å². The first-order chi connectivity index (χ1) is 12.0. The first-order valence-electron chi connectivity index (χ1n) is 8.22. The second-order valence-corrected chi connectivity index (χ2v) is 6.19. The number of hydrogen-bond acceptors (Lipinski definition) is 3. The van der Waals surface area contributed by atoms with Crippen LogP contribution in [0.3, 0.4) is 0 Å². The number of aliphatic hydroxyl groups excluding tert-OH is 1. The lowest BCUT2D eigenvalue weighted by Gasteiger charge is -2.16. The van der Waals surface area contributed by atoms with Gasteiger partial charge in [-0.15, -0.1) is 0 Å². The van der Waals surface area contributed by atoms with Gasteiger partial charge in [0.1, 0.15) is 0 Å². The van der Waals surface area contributed by atoms with Gasteiger partial charge in [-0.05, 0) is 42.3 Å². The van der Waals surface area contributed by atoms with Gasteiger partial charge in [-0.25, -0.2) is 4.79 Å². The maximum Gasteiger partial charge on any atom is 0.322 e. The number of rotatable bonds is 4. The number of fused-ring (bicyclic) bond motifs is 1. The molecule has 2 aromatic rings. The van der Waals surface area contributed by atoms with Crippen LogP contribution in [0.5, 0.6) is 0 Å². The Labute approximate surface area is 146 Å². The van der Waals surface area contributed by atoms with E-state index < -0.39 is 6.10 Å². The molecule has 3 amide bonds. The van der Waals surface area contributed by atoms with E-state index in [0.29, 0.717) is 24.3 Å². The first kappa shape index (κ1) is 17.0. The Balaban J connectivity index is 1.57. The topological polar surface area (TPSA) is 81.7 Å². The van der Waals surface area contributed by atoms with Crippen LogP contribution in [0.4, 0.5) is 10.5 Å². The lowest BCUT2D eigenvalue weighted by atomic mass is 10.1. The quantitative estimate of drug-likeness (QED) is 0.800. The normalized spacial score (nSPS) is 13.9. The van der Waals surface area contributed by atoms with Gasteiger partial charge in [-0.2, -0.15) is 0 Å². The molecule has 130 valence electrons. The zero-order chi connectivity index (χ0) is 17.8. The highest BCUT2D eigenvalue weighted by Crippen LogP contribution is 2.23. The fourth-order valence-corrected chi connectivity index (χ4v) is 2.73. The largest absolute Gasteiger partial charge is 0.392 e. The van der Waals surface area contributed by atoms with Gasteiger partial charge in [0.15, 0.2) is 0 Å². The summed E-state index contributed by atoms with van der Waals surface area (Å²) in [6.07, 6.45) is -0.591. The zero-order valence-corrected chi connectivity index (χ0v) is 14.0. The highest BCUT2D eigenvalue weighted by atomic mass is 16.3. The third kappa shape index (κ3) is 4.16. The Morgan fingerprint density at radius 2 is 1.68 bits per heavy atom. The number of benzene rings is 2. The van der Waals surface area contributed by atoms with Crippen LogP contribution in [0.15, 0.2) is 48.5 Å². The fourth-order valence-electron chi connectivity index (χ4n) is 2.73. The molecule has 0 radical (unpaired) electrons. The highest BCUT2D eigenvalue weighted by Gasteiger charge is 2.22. The number of hydrogen-bond donors (Lipinski definition) is 3. The molecule has 1 aliphatic rings. The SMILES string of the molecule is C[C@@H](O)CNC(=O)c1ccc(NC(=O)N2Cc3ccccc3C2)cc1. The predicted molar refractivity (Wildman–Crippen MR) is 95.2 cm³/mol. The number of urea groups is 1. The van der Waals surface area contributed by atoms with Crippen molar-refractivity contribution in [3.05, 3.63) is 65.2 Å². The van der Waals surface area contributed by atoms with E-state index in [1.165, 1.54) is 11.1 Å². The number of anilines is 1. The molecule has 25 heavy (non-hydrogen) atoms. The van der Waals surface area contributed by atoms with Gasteiger partial charge in [0.05, 0.1) is 6.10 Å². The van der Waals surface area contributed by atoms with Crippen LogP contribution in [0.2, 0.25) is 0 Å². The van der Waals surface area contributed by atoms with Gasteiger partial charge in [0.2, 0.25) is 0 Å². The van der Waals surface area contributed by atoms with Crippen molar-refractivity contribution in [1.82, 2.24) is 10.2 Å². The number of carbonyl (C=O) groups is 2. The Morgan fingerprint density at radius 3 is 2.24 bits per heavy atom. The van der Waals surface area contributed by atoms with E-state index in [2.05, 4.69) is 10.6 Å². The van der Waals surface area contributed by atoms with Crippen LogP contribution in [-0.4, -0.2) is 34.6 Å². The number of nitrogens with zero attached hydrogens (tertiary/aromatic N) is 1. The van der Waals surface area contributed by atoms with Crippen molar-refractivity contribution in [2.24, 2.45) is 0 Å². The van der Waals surface area contributed by atoms with Gasteiger partial charge < -0.3 is 20.6 Å². The van der Waals surface area contributed by atoms with E-state index in [1.807, 2.05) is 24.3 Å². The number of amides is 3. The standard InChI is InChI=1S/C19H21N3O3/c1-13(23)10-20-18(24)14-6-8-17(9-7-14)21-19(25)22-11-15-4-2-3-5-16(15)12-22/h2-9,13,23H,10-12H2,1H3,(H,20,24)(H,21,25)/t13-/m1/s1. The van der Waals surface area contributed by atoms with Gasteiger partial charge in [0.25, 0.3) is 5.91 Å². The minimum Gasteiger partial charge on any atom is -0.392 e. The predicted octanol–water partition coefficient (Wildman–Crippen LogP) is 2.34. The maximum atomic E-state index is 12.4. The minimum atomic E-state index is -0.591. The fraction of sp³-hybridized carbons (Fsp3) is 0.263. The average molecular weight is 339 g/mol. The molecule has 0 saturated heterocycles. The summed E-state index contributed by atoms with van der Waals surface area (Å²) in [6, 6.07) is 14.5. The molecule has 3 N–H and O–H groups in total. The number of aliphatic hydroxyl groups is 1. The minimum absolute atomic E-state index is 0.164. The summed E-state index contributed by atoms with van der Waals surface area (Å²) in [5.74, 6) is -0.256. The number of nitrogens with one attached hydrogen (secondary N) is 2. The third-order valence-electron chi connectivity index (χ3n) is 4.08. The molecule has 1 aliphatic heterocycles. The molecule has 0 saturated carbocycles. The zero-order valence-electron chi connectivity index (χ0n) is 14.0.